The molecule has 2 rings (SSSR count). The van der Waals surface area contributed by atoms with Crippen molar-refractivity contribution in [2.24, 2.45) is 0 Å². The monoisotopic (exact) mass is 151 g/mol. The Hall–Kier alpha value is -1.16. The molecule has 0 radical (unpaired) electrons. The van der Waals surface area contributed by atoms with Gasteiger partial charge in [-0.25, -0.2) is 9.97 Å². The fourth-order valence-electron chi connectivity index (χ4n) is 1.15. The lowest BCUT2D eigenvalue weighted by Gasteiger charge is -2.14. The van der Waals surface area contributed by atoms with E-state index in [4.69, 9.17) is 10.5 Å². The summed E-state index contributed by atoms with van der Waals surface area (Å²) in [5.41, 5.74) is 7.51. The van der Waals surface area contributed by atoms with Crippen LogP contribution >= 0.6 is 0 Å². The molecule has 58 valence electrons. The summed E-state index contributed by atoms with van der Waals surface area (Å²) in [5, 5.41) is 0. The van der Waals surface area contributed by atoms with Crippen molar-refractivity contribution in [1.82, 2.24) is 9.97 Å². The van der Waals surface area contributed by atoms with E-state index < -0.39 is 0 Å². The van der Waals surface area contributed by atoms with Gasteiger partial charge in [0.15, 0.2) is 0 Å². The third kappa shape index (κ3) is 1.17. The second-order valence-corrected chi connectivity index (χ2v) is 2.50. The van der Waals surface area contributed by atoms with E-state index in [1.165, 1.54) is 0 Å². The molecule has 11 heavy (non-hydrogen) atoms. The minimum Gasteiger partial charge on any atom is -0.376 e. The van der Waals surface area contributed by atoms with Crippen molar-refractivity contribution in [1.29, 1.82) is 0 Å². The van der Waals surface area contributed by atoms with E-state index in [1.54, 1.807) is 6.20 Å². The molecule has 0 saturated carbocycles. The molecule has 4 nitrogen and oxygen atoms in total. The van der Waals surface area contributed by atoms with Gasteiger partial charge >= 0.3 is 0 Å². The van der Waals surface area contributed by atoms with Crippen molar-refractivity contribution in [3.05, 3.63) is 17.5 Å². The lowest BCUT2D eigenvalue weighted by molar-refractivity contribution is 0.109. The first-order valence-corrected chi connectivity index (χ1v) is 3.54. The van der Waals surface area contributed by atoms with Crippen molar-refractivity contribution < 1.29 is 4.74 Å². The molecule has 0 aromatic carbocycles. The standard InChI is InChI=1S/C7H9N3O/c8-7-9-3-5-4-11-2-1-6(5)10-7/h3H,1-2,4H2,(H2,8,9,10). The van der Waals surface area contributed by atoms with Crippen LogP contribution in [0.1, 0.15) is 11.3 Å². The van der Waals surface area contributed by atoms with Crippen LogP contribution in [0.25, 0.3) is 0 Å². The third-order valence-corrected chi connectivity index (χ3v) is 1.71. The van der Waals surface area contributed by atoms with Crippen LogP contribution in [0.4, 0.5) is 5.95 Å². The number of aromatic nitrogens is 2. The SMILES string of the molecule is Nc1ncc2c(n1)CCOC2. The summed E-state index contributed by atoms with van der Waals surface area (Å²) in [4.78, 5) is 7.98. The number of hydrogen-bond acceptors (Lipinski definition) is 4. The molecule has 0 amide bonds. The zero-order chi connectivity index (χ0) is 7.68. The number of anilines is 1. The third-order valence-electron chi connectivity index (χ3n) is 1.71. The predicted molar refractivity (Wildman–Crippen MR) is 39.8 cm³/mol. The fraction of sp³-hybridized carbons (Fsp3) is 0.429. The second-order valence-electron chi connectivity index (χ2n) is 2.50. The maximum atomic E-state index is 5.42. The van der Waals surface area contributed by atoms with E-state index in [0.29, 0.717) is 12.6 Å². The molecule has 0 aliphatic carbocycles. The van der Waals surface area contributed by atoms with Gasteiger partial charge in [0.1, 0.15) is 0 Å². The highest BCUT2D eigenvalue weighted by molar-refractivity contribution is 5.25. The lowest BCUT2D eigenvalue weighted by Crippen LogP contribution is -2.13. The van der Waals surface area contributed by atoms with Crippen molar-refractivity contribution in [3.63, 3.8) is 0 Å². The molecule has 0 fully saturated rings. The summed E-state index contributed by atoms with van der Waals surface area (Å²) < 4.78 is 5.21. The smallest absolute Gasteiger partial charge is 0.220 e. The molecule has 2 N–H and O–H groups in total. The number of hydrogen-bond donors (Lipinski definition) is 1. The Bertz CT molecular complexity index is 274. The molecule has 0 spiro atoms. The average Bonchev–Trinajstić information content (AvgIpc) is 2.04. The van der Waals surface area contributed by atoms with Gasteiger partial charge in [-0.1, -0.05) is 0 Å². The zero-order valence-electron chi connectivity index (χ0n) is 6.08. The van der Waals surface area contributed by atoms with Crippen molar-refractivity contribution in [3.8, 4) is 0 Å². The Labute approximate surface area is 64.4 Å². The van der Waals surface area contributed by atoms with Gasteiger partial charge < -0.3 is 10.5 Å². The molecule has 0 unspecified atom stereocenters. The molecule has 0 bridgehead atoms. The number of nitrogens with zero attached hydrogens (tertiary/aromatic N) is 2. The van der Waals surface area contributed by atoms with Gasteiger partial charge in [0.2, 0.25) is 5.95 Å². The topological polar surface area (TPSA) is 61.0 Å². The van der Waals surface area contributed by atoms with Crippen LogP contribution in [0, 0.1) is 0 Å². The summed E-state index contributed by atoms with van der Waals surface area (Å²) in [7, 11) is 0. The van der Waals surface area contributed by atoms with E-state index in [-0.39, 0.29) is 0 Å². The largest absolute Gasteiger partial charge is 0.376 e. The molecular weight excluding hydrogens is 142 g/mol. The zero-order valence-corrected chi connectivity index (χ0v) is 6.08. The minimum absolute atomic E-state index is 0.352. The van der Waals surface area contributed by atoms with E-state index in [0.717, 1.165) is 24.3 Å². The van der Waals surface area contributed by atoms with Gasteiger partial charge in [-0.2, -0.15) is 0 Å². The molecule has 0 atom stereocenters. The quantitative estimate of drug-likeness (QED) is 0.572. The van der Waals surface area contributed by atoms with Gasteiger partial charge in [-0.3, -0.25) is 0 Å². The second kappa shape index (κ2) is 2.47. The van der Waals surface area contributed by atoms with Crippen LogP contribution in [-0.2, 0) is 17.8 Å². The highest BCUT2D eigenvalue weighted by atomic mass is 16.5. The molecule has 1 aliphatic heterocycles. The van der Waals surface area contributed by atoms with E-state index in [9.17, 15) is 0 Å². The first-order valence-electron chi connectivity index (χ1n) is 3.54. The Kier molecular flexibility index (Phi) is 1.47. The molecule has 1 aliphatic rings. The minimum atomic E-state index is 0.352. The number of nitrogen functional groups attached to an aromatic ring is 1. The van der Waals surface area contributed by atoms with Crippen LogP contribution in [-0.4, -0.2) is 16.6 Å². The molecule has 0 saturated heterocycles. The predicted octanol–water partition coefficient (Wildman–Crippen LogP) is 0.131. The number of fused-ring (bicyclic) bond motifs is 1. The van der Waals surface area contributed by atoms with Gasteiger partial charge in [0, 0.05) is 18.2 Å². The summed E-state index contributed by atoms with van der Waals surface area (Å²) in [6.07, 6.45) is 2.58. The highest BCUT2D eigenvalue weighted by Gasteiger charge is 2.10. The van der Waals surface area contributed by atoms with Crippen molar-refractivity contribution in [2.45, 2.75) is 13.0 Å². The maximum absolute atomic E-state index is 5.42. The molecule has 1 aromatic heterocycles. The van der Waals surface area contributed by atoms with Crippen molar-refractivity contribution in [2.75, 3.05) is 12.3 Å². The van der Waals surface area contributed by atoms with Crippen LogP contribution in [0.3, 0.4) is 0 Å². The van der Waals surface area contributed by atoms with Crippen LogP contribution in [0.15, 0.2) is 6.20 Å². The highest BCUT2D eigenvalue weighted by Crippen LogP contribution is 2.13. The van der Waals surface area contributed by atoms with Gasteiger partial charge in [0.25, 0.3) is 0 Å². The van der Waals surface area contributed by atoms with Gasteiger partial charge in [0.05, 0.1) is 18.9 Å². The fourth-order valence-corrected chi connectivity index (χ4v) is 1.15. The summed E-state index contributed by atoms with van der Waals surface area (Å²) in [5.74, 6) is 0.352. The Balaban J connectivity index is 2.43. The average molecular weight is 151 g/mol. The Morgan fingerprint density at radius 1 is 1.55 bits per heavy atom. The van der Waals surface area contributed by atoms with Crippen molar-refractivity contribution >= 4 is 5.95 Å². The maximum Gasteiger partial charge on any atom is 0.220 e. The molecule has 1 aromatic rings. The van der Waals surface area contributed by atoms with Crippen LogP contribution < -0.4 is 5.73 Å². The van der Waals surface area contributed by atoms with Gasteiger partial charge in [-0.15, -0.1) is 0 Å². The molecular formula is C7H9N3O. The van der Waals surface area contributed by atoms with E-state index in [1.807, 2.05) is 0 Å². The summed E-state index contributed by atoms with van der Waals surface area (Å²) in [6.45, 7) is 1.36. The van der Waals surface area contributed by atoms with Crippen LogP contribution in [0.5, 0.6) is 0 Å². The number of rotatable bonds is 0. The number of nitrogens with two attached hydrogens (primary N) is 1. The van der Waals surface area contributed by atoms with E-state index >= 15 is 0 Å². The Morgan fingerprint density at radius 3 is 3.36 bits per heavy atom. The van der Waals surface area contributed by atoms with Gasteiger partial charge in [-0.05, 0) is 0 Å². The summed E-state index contributed by atoms with van der Waals surface area (Å²) in [6, 6.07) is 0. The summed E-state index contributed by atoms with van der Waals surface area (Å²) >= 11 is 0. The molecule has 4 heteroatoms. The molecule has 2 heterocycles. The van der Waals surface area contributed by atoms with E-state index in [2.05, 4.69) is 9.97 Å². The first kappa shape index (κ1) is 6.54. The first-order chi connectivity index (χ1) is 5.36. The normalized spacial score (nSPS) is 16.0. The number of ether oxygens (including phenoxy) is 1. The lowest BCUT2D eigenvalue weighted by atomic mass is 10.1. The Morgan fingerprint density at radius 2 is 2.45 bits per heavy atom. The van der Waals surface area contributed by atoms with Crippen LogP contribution in [0.2, 0.25) is 0 Å².